The summed E-state index contributed by atoms with van der Waals surface area (Å²) in [7, 11) is 0. The molecule has 0 aliphatic rings. The number of hydrogen-bond acceptors (Lipinski definition) is 16. The Morgan fingerprint density at radius 2 is 0.406 bits per heavy atom. The Hall–Kier alpha value is -4.24. The largest absolute Gasteiger partial charge is 0.461 e. The van der Waals surface area contributed by atoms with Gasteiger partial charge in [0.25, 0.3) is 0 Å². The van der Waals surface area contributed by atoms with Gasteiger partial charge >= 0.3 is 47.8 Å². The number of rotatable bonds is 15. The molecule has 0 aliphatic carbocycles. The molecule has 0 aromatic carbocycles. The zero-order chi connectivity index (χ0) is 51.2. The second-order valence-electron chi connectivity index (χ2n) is 24.6. The lowest BCUT2D eigenvalue weighted by molar-refractivity contribution is -0.235. The highest BCUT2D eigenvalue weighted by Gasteiger charge is 2.55. The molecule has 64 heavy (non-hydrogen) atoms. The maximum atomic E-state index is 14.3. The summed E-state index contributed by atoms with van der Waals surface area (Å²) in [6.45, 7) is 35.4. The third kappa shape index (κ3) is 19.5. The van der Waals surface area contributed by atoms with Crippen molar-refractivity contribution in [3.63, 3.8) is 0 Å². The number of esters is 8. The van der Waals surface area contributed by atoms with E-state index in [4.69, 9.17) is 37.9 Å². The van der Waals surface area contributed by atoms with E-state index < -0.39 is 141 Å². The summed E-state index contributed by atoms with van der Waals surface area (Å²) < 4.78 is 48.4. The van der Waals surface area contributed by atoms with Crippen LogP contribution in [0.4, 0.5) is 0 Å². The van der Waals surface area contributed by atoms with Gasteiger partial charge in [0.05, 0.1) is 43.3 Å². The van der Waals surface area contributed by atoms with Gasteiger partial charge in [-0.25, -0.2) is 0 Å². The van der Waals surface area contributed by atoms with Crippen LogP contribution in [0.25, 0.3) is 0 Å². The van der Waals surface area contributed by atoms with Crippen molar-refractivity contribution in [3.8, 4) is 0 Å². The number of ether oxygens (including phenoxy) is 8. The van der Waals surface area contributed by atoms with Crippen LogP contribution in [0.15, 0.2) is 0 Å². The molecule has 6 atom stereocenters. The predicted molar refractivity (Wildman–Crippen MR) is 237 cm³/mol. The minimum Gasteiger partial charge on any atom is -0.461 e. The van der Waals surface area contributed by atoms with Crippen molar-refractivity contribution in [2.75, 3.05) is 13.2 Å². The van der Waals surface area contributed by atoms with E-state index in [0.717, 1.165) is 0 Å². The first kappa shape index (κ1) is 59.8. The van der Waals surface area contributed by atoms with Gasteiger partial charge in [0, 0.05) is 0 Å². The van der Waals surface area contributed by atoms with E-state index in [1.54, 1.807) is 83.1 Å². The first-order valence-electron chi connectivity index (χ1n) is 21.7. The second-order valence-corrected chi connectivity index (χ2v) is 24.6. The third-order valence-corrected chi connectivity index (χ3v) is 8.85. The van der Waals surface area contributed by atoms with Gasteiger partial charge < -0.3 is 37.9 Å². The fraction of sp³-hybridized carbons (Fsp3) is 0.833. The van der Waals surface area contributed by atoms with Crippen molar-refractivity contribution in [1.29, 1.82) is 0 Å². The fourth-order valence-electron chi connectivity index (χ4n) is 4.32. The zero-order valence-corrected chi connectivity index (χ0v) is 43.4. The van der Waals surface area contributed by atoms with E-state index in [1.165, 1.54) is 83.1 Å². The number of hydrogen-bond donors (Lipinski definition) is 0. The third-order valence-electron chi connectivity index (χ3n) is 8.85. The van der Waals surface area contributed by atoms with Crippen molar-refractivity contribution in [2.24, 2.45) is 43.3 Å². The maximum absolute atomic E-state index is 14.3. The lowest BCUT2D eigenvalue weighted by atomic mass is 9.90. The van der Waals surface area contributed by atoms with Gasteiger partial charge in [0.2, 0.25) is 0 Å². The molecule has 0 N–H and O–H groups in total. The van der Waals surface area contributed by atoms with Crippen molar-refractivity contribution >= 4 is 47.8 Å². The van der Waals surface area contributed by atoms with Gasteiger partial charge in [-0.3, -0.25) is 38.4 Å². The summed E-state index contributed by atoms with van der Waals surface area (Å²) in [5, 5.41) is 0. The molecule has 0 bridgehead atoms. The molecule has 0 radical (unpaired) electrons. The molecule has 0 fully saturated rings. The summed E-state index contributed by atoms with van der Waals surface area (Å²) in [4.78, 5) is 111. The Morgan fingerprint density at radius 1 is 0.250 bits per heavy atom. The molecule has 0 amide bonds. The molecule has 6 unspecified atom stereocenters. The smallest absolute Gasteiger partial charge is 0.311 e. The Morgan fingerprint density at radius 3 is 0.578 bits per heavy atom. The first-order valence-corrected chi connectivity index (χ1v) is 21.7. The van der Waals surface area contributed by atoms with Crippen LogP contribution in [-0.2, 0) is 76.3 Å². The molecule has 0 aromatic heterocycles. The van der Waals surface area contributed by atoms with E-state index >= 15 is 0 Å². The molecule has 0 heterocycles. The molecule has 0 aromatic rings. The Bertz CT molecular complexity index is 1540. The van der Waals surface area contributed by atoms with Crippen molar-refractivity contribution in [2.45, 2.75) is 203 Å². The molecule has 0 rings (SSSR count). The van der Waals surface area contributed by atoms with Crippen molar-refractivity contribution in [3.05, 3.63) is 0 Å². The average molecular weight is 915 g/mol. The standard InChI is InChI=1S/C48H82O16/c1-41(2,3)33(49)57-25-27(59-35(51)43(7,8)9)29(61-37(53)45(13,14)15)31(63-39(55)47(19,20)21)32(64-40(56)48(22,23)24)30(62-38(54)46(16,17)18)28(60-36(52)44(10,11)12)26-58-34(50)42(4,5)6/h27-32H,25-26H2,1-24H3. The van der Waals surface area contributed by atoms with Crippen LogP contribution >= 0.6 is 0 Å². The van der Waals surface area contributed by atoms with Gasteiger partial charge in [0.1, 0.15) is 13.2 Å². The fourth-order valence-corrected chi connectivity index (χ4v) is 4.32. The highest BCUT2D eigenvalue weighted by atomic mass is 16.7. The van der Waals surface area contributed by atoms with E-state index in [0.29, 0.717) is 0 Å². The minimum absolute atomic E-state index is 0.754. The van der Waals surface area contributed by atoms with Gasteiger partial charge in [-0.2, -0.15) is 0 Å². The van der Waals surface area contributed by atoms with Gasteiger partial charge in [-0.05, 0) is 166 Å². The van der Waals surface area contributed by atoms with Crippen LogP contribution in [0.3, 0.4) is 0 Å². The Balaban J connectivity index is 9.20. The molecule has 16 nitrogen and oxygen atoms in total. The highest BCUT2D eigenvalue weighted by molar-refractivity contribution is 5.80. The topological polar surface area (TPSA) is 210 Å². The first-order chi connectivity index (χ1) is 28.1. The number of carbonyl (C=O) groups is 8. The molecule has 0 saturated heterocycles. The van der Waals surface area contributed by atoms with Crippen molar-refractivity contribution < 1.29 is 76.3 Å². The minimum atomic E-state index is -2.12. The van der Waals surface area contributed by atoms with E-state index in [-0.39, 0.29) is 0 Å². The summed E-state index contributed by atoms with van der Waals surface area (Å²) >= 11 is 0. The van der Waals surface area contributed by atoms with Crippen molar-refractivity contribution in [1.82, 2.24) is 0 Å². The van der Waals surface area contributed by atoms with E-state index in [1.807, 2.05) is 0 Å². The van der Waals surface area contributed by atoms with Crippen LogP contribution < -0.4 is 0 Å². The Labute approximate surface area is 382 Å². The van der Waals surface area contributed by atoms with E-state index in [2.05, 4.69) is 0 Å². The lowest BCUT2D eigenvalue weighted by Gasteiger charge is -2.42. The molecule has 0 spiro atoms. The Kier molecular flexibility index (Phi) is 20.0. The summed E-state index contributed by atoms with van der Waals surface area (Å²) in [6, 6.07) is 0. The predicted octanol–water partition coefficient (Wildman–Crippen LogP) is 7.91. The van der Waals surface area contributed by atoms with Gasteiger partial charge in [-0.1, -0.05) is 0 Å². The summed E-state index contributed by atoms with van der Waals surface area (Å²) in [5.74, 6) is -7.06. The van der Waals surface area contributed by atoms with Crippen LogP contribution in [0.1, 0.15) is 166 Å². The molecular weight excluding hydrogens is 833 g/mol. The normalized spacial score (nSPS) is 16.1. The maximum Gasteiger partial charge on any atom is 0.311 e. The zero-order valence-electron chi connectivity index (χ0n) is 43.4. The molecular formula is C48H82O16. The molecule has 370 valence electrons. The lowest BCUT2D eigenvalue weighted by Crippen LogP contribution is -2.62. The highest BCUT2D eigenvalue weighted by Crippen LogP contribution is 2.34. The number of carbonyl (C=O) groups excluding carboxylic acids is 8. The van der Waals surface area contributed by atoms with E-state index in [9.17, 15) is 38.4 Å². The van der Waals surface area contributed by atoms with Crippen LogP contribution in [-0.4, -0.2) is 97.6 Å². The molecule has 16 heteroatoms. The second kappa shape index (κ2) is 21.4. The monoisotopic (exact) mass is 915 g/mol. The molecule has 0 aliphatic heterocycles. The van der Waals surface area contributed by atoms with Crippen LogP contribution in [0.5, 0.6) is 0 Å². The van der Waals surface area contributed by atoms with Gasteiger partial charge in [-0.15, -0.1) is 0 Å². The SMILES string of the molecule is CC(C)(C)C(=O)OCC(OC(=O)C(C)(C)C)C(OC(=O)C(C)(C)C)C(OC(=O)C(C)(C)C)C(OC(=O)C(C)(C)C)C(OC(=O)C(C)(C)C)C(COC(=O)C(C)(C)C)OC(=O)C(C)(C)C. The van der Waals surface area contributed by atoms with Crippen LogP contribution in [0.2, 0.25) is 0 Å². The quantitative estimate of drug-likeness (QED) is 0.113. The van der Waals surface area contributed by atoms with Gasteiger partial charge in [0.15, 0.2) is 36.6 Å². The van der Waals surface area contributed by atoms with Crippen LogP contribution in [0, 0.1) is 43.3 Å². The summed E-state index contributed by atoms with van der Waals surface area (Å²) in [6.07, 6.45) is -11.9. The molecule has 0 saturated carbocycles. The summed E-state index contributed by atoms with van der Waals surface area (Å²) in [5.41, 5.74) is -9.84. The average Bonchev–Trinajstić information content (AvgIpc) is 3.07.